The molecule has 0 atom stereocenters. The van der Waals surface area contributed by atoms with Crippen molar-refractivity contribution in [3.63, 3.8) is 0 Å². The van der Waals surface area contributed by atoms with Crippen LogP contribution < -0.4 is 0 Å². The molecule has 15 heavy (non-hydrogen) atoms. The van der Waals surface area contributed by atoms with Crippen molar-refractivity contribution < 1.29 is 0 Å². The van der Waals surface area contributed by atoms with Gasteiger partial charge in [-0.15, -0.1) is 11.3 Å². The van der Waals surface area contributed by atoms with E-state index in [1.165, 1.54) is 11.3 Å². The Morgan fingerprint density at radius 3 is 2.80 bits per heavy atom. The molecule has 0 aliphatic heterocycles. The summed E-state index contributed by atoms with van der Waals surface area (Å²) in [4.78, 5) is 12.6. The van der Waals surface area contributed by atoms with Crippen LogP contribution in [0.25, 0.3) is 10.8 Å². The molecule has 0 saturated carbocycles. The summed E-state index contributed by atoms with van der Waals surface area (Å²) in [6, 6.07) is 2.06. The van der Waals surface area contributed by atoms with E-state index in [-0.39, 0.29) is 0 Å². The van der Waals surface area contributed by atoms with Gasteiger partial charge in [0.25, 0.3) is 0 Å². The maximum atomic E-state index is 8.52. The van der Waals surface area contributed by atoms with Crippen molar-refractivity contribution in [2.24, 2.45) is 0 Å². The highest BCUT2D eigenvalue weighted by Gasteiger charge is 2.06. The van der Waals surface area contributed by atoms with Gasteiger partial charge in [-0.2, -0.15) is 5.26 Å². The normalized spacial score (nSPS) is 9.87. The summed E-state index contributed by atoms with van der Waals surface area (Å²) in [5.74, 6) is 0.620. The lowest BCUT2D eigenvalue weighted by Gasteiger charge is -1.94. The summed E-state index contributed by atoms with van der Waals surface area (Å²) in [5, 5.41) is 11.1. The van der Waals surface area contributed by atoms with E-state index >= 15 is 0 Å². The third kappa shape index (κ3) is 2.17. The third-order valence-electron chi connectivity index (χ3n) is 1.78. The predicted molar refractivity (Wildman–Crippen MR) is 57.2 cm³/mol. The zero-order chi connectivity index (χ0) is 10.7. The molecular weight excluding hydrogens is 208 g/mol. The molecule has 2 aromatic heterocycles. The molecule has 0 radical (unpaired) electrons. The standard InChI is InChI=1S/C10H8N4S/c1-7-4-12-9(13-5-7)10-14-8(2-3-11)6-15-10/h4-6H,2H2,1H3. The molecule has 0 amide bonds. The molecule has 0 fully saturated rings. The van der Waals surface area contributed by atoms with Crippen LogP contribution in [0.4, 0.5) is 0 Å². The average Bonchev–Trinajstić information content (AvgIpc) is 2.68. The monoisotopic (exact) mass is 216 g/mol. The molecule has 0 saturated heterocycles. The van der Waals surface area contributed by atoms with Crippen LogP contribution in [0, 0.1) is 18.3 Å². The van der Waals surface area contributed by atoms with Gasteiger partial charge in [0.15, 0.2) is 10.8 Å². The first kappa shape index (κ1) is 9.74. The van der Waals surface area contributed by atoms with Crippen molar-refractivity contribution in [1.29, 1.82) is 5.26 Å². The van der Waals surface area contributed by atoms with Crippen LogP contribution in [-0.4, -0.2) is 15.0 Å². The van der Waals surface area contributed by atoms with Gasteiger partial charge in [-0.05, 0) is 12.5 Å². The first-order chi connectivity index (χ1) is 7.29. The quantitative estimate of drug-likeness (QED) is 0.770. The molecule has 0 aliphatic carbocycles. The summed E-state index contributed by atoms with van der Waals surface area (Å²) in [6.45, 7) is 1.94. The van der Waals surface area contributed by atoms with E-state index in [9.17, 15) is 0 Å². The maximum absolute atomic E-state index is 8.52. The molecule has 2 aromatic rings. The number of nitriles is 1. The Morgan fingerprint density at radius 2 is 2.13 bits per heavy atom. The van der Waals surface area contributed by atoms with Gasteiger partial charge in [0.2, 0.25) is 0 Å². The van der Waals surface area contributed by atoms with Gasteiger partial charge < -0.3 is 0 Å². The molecule has 5 heteroatoms. The van der Waals surface area contributed by atoms with Gasteiger partial charge in [0.1, 0.15) is 0 Å². The van der Waals surface area contributed by atoms with Crippen molar-refractivity contribution in [2.45, 2.75) is 13.3 Å². The zero-order valence-corrected chi connectivity index (χ0v) is 8.95. The Morgan fingerprint density at radius 1 is 1.40 bits per heavy atom. The van der Waals surface area contributed by atoms with Crippen LogP contribution in [-0.2, 0) is 6.42 Å². The Balaban J connectivity index is 2.30. The minimum Gasteiger partial charge on any atom is -0.237 e. The van der Waals surface area contributed by atoms with Crippen LogP contribution in [0.2, 0.25) is 0 Å². The lowest BCUT2D eigenvalue weighted by atomic mass is 10.4. The van der Waals surface area contributed by atoms with Crippen LogP contribution in [0.15, 0.2) is 17.8 Å². The van der Waals surface area contributed by atoms with Crippen LogP contribution in [0.3, 0.4) is 0 Å². The van der Waals surface area contributed by atoms with Gasteiger partial charge in [0, 0.05) is 17.8 Å². The molecular formula is C10H8N4S. The highest BCUT2D eigenvalue weighted by molar-refractivity contribution is 7.13. The third-order valence-corrected chi connectivity index (χ3v) is 2.67. The molecule has 0 spiro atoms. The van der Waals surface area contributed by atoms with E-state index < -0.39 is 0 Å². The van der Waals surface area contributed by atoms with Gasteiger partial charge in [-0.1, -0.05) is 0 Å². The fourth-order valence-corrected chi connectivity index (χ4v) is 1.84. The molecule has 74 valence electrons. The summed E-state index contributed by atoms with van der Waals surface area (Å²) in [5.41, 5.74) is 1.80. The van der Waals surface area contributed by atoms with E-state index in [1.807, 2.05) is 12.3 Å². The number of thiazole rings is 1. The molecule has 0 aromatic carbocycles. The van der Waals surface area contributed by atoms with Crippen LogP contribution >= 0.6 is 11.3 Å². The Bertz CT molecular complexity index is 495. The Kier molecular flexibility index (Phi) is 2.70. The van der Waals surface area contributed by atoms with E-state index in [0.29, 0.717) is 12.2 Å². The number of nitrogens with zero attached hydrogens (tertiary/aromatic N) is 4. The first-order valence-corrected chi connectivity index (χ1v) is 5.28. The largest absolute Gasteiger partial charge is 0.237 e. The maximum Gasteiger partial charge on any atom is 0.188 e. The van der Waals surface area contributed by atoms with E-state index in [2.05, 4.69) is 21.0 Å². The summed E-state index contributed by atoms with van der Waals surface area (Å²) < 4.78 is 0. The number of rotatable bonds is 2. The second-order valence-electron chi connectivity index (χ2n) is 3.06. The lowest BCUT2D eigenvalue weighted by molar-refractivity contribution is 1.10. The molecule has 0 unspecified atom stereocenters. The summed E-state index contributed by atoms with van der Waals surface area (Å²) >= 11 is 1.46. The van der Waals surface area contributed by atoms with Crippen molar-refractivity contribution in [3.05, 3.63) is 29.0 Å². The van der Waals surface area contributed by atoms with Gasteiger partial charge >= 0.3 is 0 Å². The minimum absolute atomic E-state index is 0.336. The summed E-state index contributed by atoms with van der Waals surface area (Å²) in [7, 11) is 0. The highest BCUT2D eigenvalue weighted by Crippen LogP contribution is 2.19. The number of aromatic nitrogens is 3. The van der Waals surface area contributed by atoms with Gasteiger partial charge in [-0.3, -0.25) is 0 Å². The first-order valence-electron chi connectivity index (χ1n) is 4.40. The van der Waals surface area contributed by atoms with E-state index in [1.54, 1.807) is 12.4 Å². The molecule has 0 N–H and O–H groups in total. The lowest BCUT2D eigenvalue weighted by Crippen LogP contribution is -1.89. The SMILES string of the molecule is Cc1cnc(-c2nc(CC#N)cs2)nc1. The fraction of sp³-hybridized carbons (Fsp3) is 0.200. The second-order valence-corrected chi connectivity index (χ2v) is 3.92. The van der Waals surface area contributed by atoms with Crippen molar-refractivity contribution in [3.8, 4) is 16.9 Å². The second kappa shape index (κ2) is 4.15. The molecule has 4 nitrogen and oxygen atoms in total. The number of hydrogen-bond acceptors (Lipinski definition) is 5. The Labute approximate surface area is 91.3 Å². The van der Waals surface area contributed by atoms with E-state index in [0.717, 1.165) is 16.3 Å². The van der Waals surface area contributed by atoms with Gasteiger partial charge in [-0.25, -0.2) is 15.0 Å². The van der Waals surface area contributed by atoms with Crippen molar-refractivity contribution >= 4 is 11.3 Å². The van der Waals surface area contributed by atoms with Crippen LogP contribution in [0.1, 0.15) is 11.3 Å². The highest BCUT2D eigenvalue weighted by atomic mass is 32.1. The number of hydrogen-bond donors (Lipinski definition) is 0. The number of aryl methyl sites for hydroxylation is 1. The molecule has 0 bridgehead atoms. The molecule has 0 aliphatic rings. The smallest absolute Gasteiger partial charge is 0.188 e. The van der Waals surface area contributed by atoms with Crippen molar-refractivity contribution in [2.75, 3.05) is 0 Å². The zero-order valence-electron chi connectivity index (χ0n) is 8.14. The van der Waals surface area contributed by atoms with Crippen molar-refractivity contribution in [1.82, 2.24) is 15.0 Å². The summed E-state index contributed by atoms with van der Waals surface area (Å²) in [6.07, 6.45) is 3.85. The van der Waals surface area contributed by atoms with E-state index in [4.69, 9.17) is 5.26 Å². The fourth-order valence-electron chi connectivity index (χ4n) is 1.07. The van der Waals surface area contributed by atoms with Crippen LogP contribution in [0.5, 0.6) is 0 Å². The minimum atomic E-state index is 0.336. The Hall–Kier alpha value is -1.80. The topological polar surface area (TPSA) is 62.5 Å². The predicted octanol–water partition coefficient (Wildman–Crippen LogP) is 1.97. The average molecular weight is 216 g/mol. The molecule has 2 heterocycles. The molecule has 2 rings (SSSR count). The van der Waals surface area contributed by atoms with Gasteiger partial charge in [0.05, 0.1) is 18.2 Å².